The number of rotatable bonds is 7. The highest BCUT2D eigenvalue weighted by atomic mass is 16.4. The lowest BCUT2D eigenvalue weighted by Gasteiger charge is -2.04. The van der Waals surface area contributed by atoms with Gasteiger partial charge in [-0.1, -0.05) is 18.2 Å². The minimum absolute atomic E-state index is 0.126. The summed E-state index contributed by atoms with van der Waals surface area (Å²) in [6.45, 7) is 2.45. The zero-order valence-corrected chi connectivity index (χ0v) is 12.5. The first-order valence-corrected chi connectivity index (χ1v) is 7.18. The Labute approximate surface area is 128 Å². The molecule has 0 atom stereocenters. The number of carbonyl (C=O) groups is 2. The number of carboxylic acid groups (broad SMARTS) is 1. The zero-order valence-electron chi connectivity index (χ0n) is 12.5. The molecule has 1 aromatic heterocycles. The van der Waals surface area contributed by atoms with Crippen LogP contribution in [0.2, 0.25) is 0 Å². The lowest BCUT2D eigenvalue weighted by molar-refractivity contribution is -0.137. The van der Waals surface area contributed by atoms with Crippen LogP contribution < -0.4 is 5.32 Å². The van der Waals surface area contributed by atoms with Crippen molar-refractivity contribution in [1.29, 1.82) is 0 Å². The van der Waals surface area contributed by atoms with Crippen molar-refractivity contribution in [2.24, 2.45) is 0 Å². The number of para-hydroxylation sites is 1. The van der Waals surface area contributed by atoms with E-state index in [4.69, 9.17) is 5.11 Å². The normalized spacial score (nSPS) is 10.4. The zero-order chi connectivity index (χ0) is 15.9. The summed E-state index contributed by atoms with van der Waals surface area (Å²) in [5, 5.41) is 15.5. The lowest BCUT2D eigenvalue weighted by Crippen LogP contribution is -2.24. The van der Waals surface area contributed by atoms with Crippen molar-refractivity contribution in [3.05, 3.63) is 47.8 Å². The SMILES string of the molecule is Cc1ccccc1-n1cc(C(=O)NCCCCC(=O)O)cn1. The van der Waals surface area contributed by atoms with E-state index < -0.39 is 5.97 Å². The first-order valence-electron chi connectivity index (χ1n) is 7.18. The minimum atomic E-state index is -0.814. The fraction of sp³-hybridized carbons (Fsp3) is 0.312. The second-order valence-electron chi connectivity index (χ2n) is 5.07. The first-order chi connectivity index (χ1) is 10.6. The van der Waals surface area contributed by atoms with Crippen molar-refractivity contribution in [2.75, 3.05) is 6.54 Å². The molecule has 6 nitrogen and oxygen atoms in total. The van der Waals surface area contributed by atoms with Crippen molar-refractivity contribution in [3.63, 3.8) is 0 Å². The number of carboxylic acids is 1. The van der Waals surface area contributed by atoms with Crippen LogP contribution >= 0.6 is 0 Å². The van der Waals surface area contributed by atoms with Crippen molar-refractivity contribution in [3.8, 4) is 5.69 Å². The number of aromatic nitrogens is 2. The number of hydrogen-bond donors (Lipinski definition) is 2. The third kappa shape index (κ3) is 4.18. The van der Waals surface area contributed by atoms with Crippen LogP contribution in [0, 0.1) is 6.92 Å². The monoisotopic (exact) mass is 301 g/mol. The second-order valence-corrected chi connectivity index (χ2v) is 5.07. The summed E-state index contributed by atoms with van der Waals surface area (Å²) < 4.78 is 1.68. The Bertz CT molecular complexity index is 664. The molecule has 1 aromatic carbocycles. The standard InChI is InChI=1S/C16H19N3O3/c1-12-6-2-3-7-14(12)19-11-13(10-18-19)16(22)17-9-5-4-8-15(20)21/h2-3,6-7,10-11H,4-5,8-9H2,1H3,(H,17,22)(H,20,21). The maximum atomic E-state index is 12.0. The summed E-state index contributed by atoms with van der Waals surface area (Å²) in [4.78, 5) is 22.4. The minimum Gasteiger partial charge on any atom is -0.481 e. The van der Waals surface area contributed by atoms with Crippen molar-refractivity contribution in [2.45, 2.75) is 26.2 Å². The van der Waals surface area contributed by atoms with Gasteiger partial charge >= 0.3 is 5.97 Å². The third-order valence-corrected chi connectivity index (χ3v) is 3.31. The Morgan fingerprint density at radius 1 is 1.27 bits per heavy atom. The molecule has 0 spiro atoms. The fourth-order valence-corrected chi connectivity index (χ4v) is 2.10. The van der Waals surface area contributed by atoms with E-state index in [1.807, 2.05) is 31.2 Å². The maximum Gasteiger partial charge on any atom is 0.303 e. The molecule has 0 unspecified atom stereocenters. The van der Waals surface area contributed by atoms with Crippen molar-refractivity contribution in [1.82, 2.24) is 15.1 Å². The number of nitrogens with one attached hydrogen (secondary N) is 1. The first kappa shape index (κ1) is 15.8. The molecule has 1 amide bonds. The molecule has 116 valence electrons. The fourth-order valence-electron chi connectivity index (χ4n) is 2.10. The molecule has 0 radical (unpaired) electrons. The van der Waals surface area contributed by atoms with Crippen LogP contribution in [-0.2, 0) is 4.79 Å². The van der Waals surface area contributed by atoms with Gasteiger partial charge in [-0.05, 0) is 31.4 Å². The van der Waals surface area contributed by atoms with Gasteiger partial charge in [-0.25, -0.2) is 4.68 Å². The second kappa shape index (κ2) is 7.40. The predicted molar refractivity (Wildman–Crippen MR) is 82.1 cm³/mol. The third-order valence-electron chi connectivity index (χ3n) is 3.31. The van der Waals surface area contributed by atoms with Gasteiger partial charge in [0.1, 0.15) is 0 Å². The molecule has 0 saturated heterocycles. The van der Waals surface area contributed by atoms with Crippen LogP contribution in [0.1, 0.15) is 35.2 Å². The Kier molecular flexibility index (Phi) is 5.30. The highest BCUT2D eigenvalue weighted by Crippen LogP contribution is 2.13. The highest BCUT2D eigenvalue weighted by Gasteiger charge is 2.09. The number of unbranched alkanes of at least 4 members (excludes halogenated alkanes) is 1. The van der Waals surface area contributed by atoms with Gasteiger partial charge in [0.05, 0.1) is 17.4 Å². The number of benzene rings is 1. The van der Waals surface area contributed by atoms with E-state index in [0.717, 1.165) is 11.3 Å². The Morgan fingerprint density at radius 3 is 2.77 bits per heavy atom. The Morgan fingerprint density at radius 2 is 2.05 bits per heavy atom. The molecule has 2 aromatic rings. The number of hydrogen-bond acceptors (Lipinski definition) is 3. The van der Waals surface area contributed by atoms with Gasteiger partial charge in [-0.3, -0.25) is 9.59 Å². The van der Waals surface area contributed by atoms with Crippen LogP contribution in [0.3, 0.4) is 0 Å². The predicted octanol–water partition coefficient (Wildman–Crippen LogP) is 2.17. The van der Waals surface area contributed by atoms with Gasteiger partial charge in [0.15, 0.2) is 0 Å². The number of amides is 1. The average molecular weight is 301 g/mol. The van der Waals surface area contributed by atoms with Crippen LogP contribution in [0.4, 0.5) is 0 Å². The van der Waals surface area contributed by atoms with Crippen LogP contribution in [0.25, 0.3) is 5.69 Å². The Balaban J connectivity index is 1.90. The summed E-state index contributed by atoms with van der Waals surface area (Å²) in [5.41, 5.74) is 2.50. The van der Waals surface area contributed by atoms with Crippen LogP contribution in [0.5, 0.6) is 0 Å². The summed E-state index contributed by atoms with van der Waals surface area (Å²) in [5.74, 6) is -1.01. The lowest BCUT2D eigenvalue weighted by atomic mass is 10.2. The van der Waals surface area contributed by atoms with E-state index >= 15 is 0 Å². The number of nitrogens with zero attached hydrogens (tertiary/aromatic N) is 2. The number of aryl methyl sites for hydroxylation is 1. The van der Waals surface area contributed by atoms with E-state index in [2.05, 4.69) is 10.4 Å². The molecule has 2 rings (SSSR count). The number of carbonyl (C=O) groups excluding carboxylic acids is 1. The van der Waals surface area contributed by atoms with E-state index in [-0.39, 0.29) is 12.3 Å². The molecule has 0 aliphatic heterocycles. The molecular weight excluding hydrogens is 282 g/mol. The average Bonchev–Trinajstić information content (AvgIpc) is 2.96. The molecule has 0 bridgehead atoms. The van der Waals surface area contributed by atoms with Gasteiger partial charge in [0.2, 0.25) is 0 Å². The molecule has 0 saturated carbocycles. The molecule has 22 heavy (non-hydrogen) atoms. The molecule has 1 heterocycles. The van der Waals surface area contributed by atoms with E-state index in [1.165, 1.54) is 6.20 Å². The van der Waals surface area contributed by atoms with Gasteiger partial charge < -0.3 is 10.4 Å². The van der Waals surface area contributed by atoms with E-state index in [9.17, 15) is 9.59 Å². The Hall–Kier alpha value is -2.63. The van der Waals surface area contributed by atoms with E-state index in [1.54, 1.807) is 10.9 Å². The highest BCUT2D eigenvalue weighted by molar-refractivity contribution is 5.93. The molecule has 0 fully saturated rings. The molecule has 0 aliphatic rings. The van der Waals surface area contributed by atoms with Crippen molar-refractivity contribution < 1.29 is 14.7 Å². The van der Waals surface area contributed by atoms with Gasteiger partial charge in [-0.2, -0.15) is 5.10 Å². The van der Waals surface area contributed by atoms with Gasteiger partial charge in [0.25, 0.3) is 5.91 Å². The molecular formula is C16H19N3O3. The van der Waals surface area contributed by atoms with Gasteiger partial charge in [0, 0.05) is 19.2 Å². The summed E-state index contributed by atoms with van der Waals surface area (Å²) in [6.07, 6.45) is 4.54. The summed E-state index contributed by atoms with van der Waals surface area (Å²) in [7, 11) is 0. The molecule has 6 heteroatoms. The maximum absolute atomic E-state index is 12.0. The largest absolute Gasteiger partial charge is 0.481 e. The number of aliphatic carboxylic acids is 1. The summed E-state index contributed by atoms with van der Waals surface area (Å²) in [6, 6.07) is 7.80. The quantitative estimate of drug-likeness (QED) is 0.768. The topological polar surface area (TPSA) is 84.2 Å². The van der Waals surface area contributed by atoms with Crippen LogP contribution in [0.15, 0.2) is 36.7 Å². The van der Waals surface area contributed by atoms with Crippen LogP contribution in [-0.4, -0.2) is 33.3 Å². The summed E-state index contributed by atoms with van der Waals surface area (Å²) >= 11 is 0. The van der Waals surface area contributed by atoms with Crippen molar-refractivity contribution >= 4 is 11.9 Å². The smallest absolute Gasteiger partial charge is 0.303 e. The van der Waals surface area contributed by atoms with E-state index in [0.29, 0.717) is 24.9 Å². The molecule has 2 N–H and O–H groups in total. The van der Waals surface area contributed by atoms with Gasteiger partial charge in [-0.15, -0.1) is 0 Å². The molecule has 0 aliphatic carbocycles.